The van der Waals surface area contributed by atoms with Crippen LogP contribution in [0.4, 0.5) is 0 Å². The van der Waals surface area contributed by atoms with E-state index in [1.165, 1.54) is 0 Å². The molecule has 0 saturated carbocycles. The van der Waals surface area contributed by atoms with Gasteiger partial charge < -0.3 is 15.8 Å². The number of nitrogens with two attached hydrogens (primary N) is 1. The molecule has 4 heteroatoms. The zero-order chi connectivity index (χ0) is 12.9. The Morgan fingerprint density at radius 3 is 2.59 bits per heavy atom. The van der Waals surface area contributed by atoms with Crippen molar-refractivity contribution in [3.63, 3.8) is 0 Å². The second kappa shape index (κ2) is 6.36. The van der Waals surface area contributed by atoms with Gasteiger partial charge in [0.05, 0.1) is 11.5 Å². The van der Waals surface area contributed by atoms with Gasteiger partial charge in [0.2, 0.25) is 5.91 Å². The summed E-state index contributed by atoms with van der Waals surface area (Å²) < 4.78 is 5.48. The smallest absolute Gasteiger partial charge is 0.227 e. The van der Waals surface area contributed by atoms with Gasteiger partial charge in [0.1, 0.15) is 0 Å². The topological polar surface area (TPSA) is 64.4 Å². The molecule has 1 amide bonds. The van der Waals surface area contributed by atoms with Crippen molar-refractivity contribution in [3.8, 4) is 0 Å². The second-order valence-corrected chi connectivity index (χ2v) is 5.07. The van der Waals surface area contributed by atoms with Crippen molar-refractivity contribution < 1.29 is 9.53 Å². The van der Waals surface area contributed by atoms with Gasteiger partial charge >= 0.3 is 0 Å². The standard InChI is InChI=1S/C13H26N2O2/c1-4-13(5-2,9-14)12(16)15-11-6-7-17-10(3)8-11/h10-11H,4-9,14H2,1-3H3,(H,15,16). The average Bonchev–Trinajstić information content (AvgIpc) is 2.32. The summed E-state index contributed by atoms with van der Waals surface area (Å²) in [4.78, 5) is 12.3. The molecule has 1 saturated heterocycles. The minimum Gasteiger partial charge on any atom is -0.378 e. The van der Waals surface area contributed by atoms with Crippen molar-refractivity contribution in [1.82, 2.24) is 5.32 Å². The van der Waals surface area contributed by atoms with Crippen molar-refractivity contribution in [1.29, 1.82) is 0 Å². The average molecular weight is 242 g/mol. The Labute approximate surface area is 104 Å². The Morgan fingerprint density at radius 2 is 2.12 bits per heavy atom. The van der Waals surface area contributed by atoms with Crippen molar-refractivity contribution in [3.05, 3.63) is 0 Å². The first-order valence-corrected chi connectivity index (χ1v) is 6.70. The van der Waals surface area contributed by atoms with Crippen LogP contribution in [0.5, 0.6) is 0 Å². The minimum atomic E-state index is -0.387. The molecule has 0 aromatic carbocycles. The molecular weight excluding hydrogens is 216 g/mol. The van der Waals surface area contributed by atoms with Crippen LogP contribution >= 0.6 is 0 Å². The van der Waals surface area contributed by atoms with Crippen LogP contribution in [0.1, 0.15) is 46.5 Å². The van der Waals surface area contributed by atoms with Crippen LogP contribution in [-0.4, -0.2) is 31.2 Å². The summed E-state index contributed by atoms with van der Waals surface area (Å²) in [5.41, 5.74) is 5.39. The van der Waals surface area contributed by atoms with Crippen molar-refractivity contribution in [2.24, 2.45) is 11.1 Å². The lowest BCUT2D eigenvalue weighted by molar-refractivity contribution is -0.132. The fourth-order valence-electron chi connectivity index (χ4n) is 2.42. The van der Waals surface area contributed by atoms with E-state index in [1.54, 1.807) is 0 Å². The molecule has 0 aromatic rings. The third-order valence-corrected chi connectivity index (χ3v) is 4.05. The van der Waals surface area contributed by atoms with Crippen LogP contribution in [0.2, 0.25) is 0 Å². The molecule has 1 fully saturated rings. The van der Waals surface area contributed by atoms with E-state index in [0.717, 1.165) is 32.3 Å². The molecule has 100 valence electrons. The molecule has 0 aliphatic carbocycles. The number of nitrogens with one attached hydrogen (secondary N) is 1. The molecule has 1 rings (SSSR count). The van der Waals surface area contributed by atoms with E-state index < -0.39 is 0 Å². The molecule has 17 heavy (non-hydrogen) atoms. The predicted molar refractivity (Wildman–Crippen MR) is 68.6 cm³/mol. The van der Waals surface area contributed by atoms with Crippen LogP contribution in [0.3, 0.4) is 0 Å². The Hall–Kier alpha value is -0.610. The number of hydrogen-bond acceptors (Lipinski definition) is 3. The number of amides is 1. The zero-order valence-corrected chi connectivity index (χ0v) is 11.3. The molecule has 1 heterocycles. The van der Waals surface area contributed by atoms with Crippen LogP contribution in [0.25, 0.3) is 0 Å². The number of carbonyl (C=O) groups is 1. The van der Waals surface area contributed by atoms with Gasteiger partial charge in [-0.05, 0) is 32.6 Å². The fourth-order valence-corrected chi connectivity index (χ4v) is 2.42. The normalized spacial score (nSPS) is 25.6. The summed E-state index contributed by atoms with van der Waals surface area (Å²) in [6, 6.07) is 0.246. The predicted octanol–water partition coefficient (Wildman–Crippen LogP) is 1.44. The third-order valence-electron chi connectivity index (χ3n) is 4.05. The van der Waals surface area contributed by atoms with E-state index in [-0.39, 0.29) is 23.5 Å². The van der Waals surface area contributed by atoms with Gasteiger partial charge in [-0.1, -0.05) is 13.8 Å². The van der Waals surface area contributed by atoms with Crippen molar-refractivity contribution in [2.75, 3.05) is 13.2 Å². The van der Waals surface area contributed by atoms with E-state index in [1.807, 2.05) is 20.8 Å². The Kier molecular flexibility index (Phi) is 5.40. The SMILES string of the molecule is CCC(CC)(CN)C(=O)NC1CCOC(C)C1. The summed E-state index contributed by atoms with van der Waals surface area (Å²) in [6.45, 7) is 7.27. The van der Waals surface area contributed by atoms with Gasteiger partial charge in [-0.2, -0.15) is 0 Å². The van der Waals surface area contributed by atoms with Crippen molar-refractivity contribution in [2.45, 2.75) is 58.6 Å². The Balaban J connectivity index is 2.57. The largest absolute Gasteiger partial charge is 0.378 e. The highest BCUT2D eigenvalue weighted by Crippen LogP contribution is 2.26. The molecule has 4 nitrogen and oxygen atoms in total. The lowest BCUT2D eigenvalue weighted by atomic mass is 9.81. The minimum absolute atomic E-state index is 0.115. The summed E-state index contributed by atoms with van der Waals surface area (Å²) in [6.07, 6.45) is 3.64. The van der Waals surface area contributed by atoms with Gasteiger partial charge in [-0.25, -0.2) is 0 Å². The molecule has 1 aliphatic rings. The molecular formula is C13H26N2O2. The monoisotopic (exact) mass is 242 g/mol. The van der Waals surface area contributed by atoms with Gasteiger partial charge in [-0.15, -0.1) is 0 Å². The van der Waals surface area contributed by atoms with E-state index in [0.29, 0.717) is 6.54 Å². The first-order chi connectivity index (χ1) is 8.07. The lowest BCUT2D eigenvalue weighted by Crippen LogP contribution is -2.50. The van der Waals surface area contributed by atoms with E-state index in [2.05, 4.69) is 5.32 Å². The summed E-state index contributed by atoms with van der Waals surface area (Å²) >= 11 is 0. The quantitative estimate of drug-likeness (QED) is 0.766. The van der Waals surface area contributed by atoms with Gasteiger partial charge in [0.25, 0.3) is 0 Å². The van der Waals surface area contributed by atoms with Crippen molar-refractivity contribution >= 4 is 5.91 Å². The third kappa shape index (κ3) is 3.42. The molecule has 2 atom stereocenters. The van der Waals surface area contributed by atoms with Crippen LogP contribution in [0.15, 0.2) is 0 Å². The second-order valence-electron chi connectivity index (χ2n) is 5.07. The number of carbonyl (C=O) groups excluding carboxylic acids is 1. The van der Waals surface area contributed by atoms with Crippen LogP contribution < -0.4 is 11.1 Å². The molecule has 1 aliphatic heterocycles. The summed E-state index contributed by atoms with van der Waals surface area (Å²) in [5.74, 6) is 0.115. The Bertz CT molecular complexity index is 244. The maximum absolute atomic E-state index is 12.3. The van der Waals surface area contributed by atoms with E-state index in [4.69, 9.17) is 10.5 Å². The highest BCUT2D eigenvalue weighted by atomic mass is 16.5. The number of rotatable bonds is 5. The van der Waals surface area contributed by atoms with Gasteiger partial charge in [0.15, 0.2) is 0 Å². The number of hydrogen-bond donors (Lipinski definition) is 2. The number of ether oxygens (including phenoxy) is 1. The molecule has 2 unspecified atom stereocenters. The molecule has 0 aromatic heterocycles. The molecule has 0 spiro atoms. The summed E-state index contributed by atoms with van der Waals surface area (Å²) in [5, 5.41) is 3.14. The fraction of sp³-hybridized carbons (Fsp3) is 0.923. The van der Waals surface area contributed by atoms with Gasteiger partial charge in [0, 0.05) is 19.2 Å². The first-order valence-electron chi connectivity index (χ1n) is 6.70. The highest BCUT2D eigenvalue weighted by molar-refractivity contribution is 5.83. The maximum atomic E-state index is 12.3. The zero-order valence-electron chi connectivity index (χ0n) is 11.3. The van der Waals surface area contributed by atoms with Crippen LogP contribution in [-0.2, 0) is 9.53 Å². The van der Waals surface area contributed by atoms with E-state index in [9.17, 15) is 4.79 Å². The maximum Gasteiger partial charge on any atom is 0.227 e. The first kappa shape index (κ1) is 14.5. The highest BCUT2D eigenvalue weighted by Gasteiger charge is 2.35. The summed E-state index contributed by atoms with van der Waals surface area (Å²) in [7, 11) is 0. The molecule has 0 radical (unpaired) electrons. The van der Waals surface area contributed by atoms with Crippen LogP contribution in [0, 0.1) is 5.41 Å². The van der Waals surface area contributed by atoms with Gasteiger partial charge in [-0.3, -0.25) is 4.79 Å². The molecule has 3 N–H and O–H groups in total. The Morgan fingerprint density at radius 1 is 1.47 bits per heavy atom. The van der Waals surface area contributed by atoms with E-state index >= 15 is 0 Å². The lowest BCUT2D eigenvalue weighted by Gasteiger charge is -2.34. The molecule has 0 bridgehead atoms.